The van der Waals surface area contributed by atoms with E-state index in [1.165, 1.54) is 6.33 Å². The van der Waals surface area contributed by atoms with Crippen molar-refractivity contribution >= 4 is 6.03 Å². The molecule has 21 heavy (non-hydrogen) atoms. The minimum Gasteiger partial charge on any atom is -0.472 e. The first-order valence-corrected chi connectivity index (χ1v) is 7.37. The van der Waals surface area contributed by atoms with Crippen LogP contribution in [0.2, 0.25) is 0 Å². The van der Waals surface area contributed by atoms with Gasteiger partial charge < -0.3 is 19.3 Å². The largest absolute Gasteiger partial charge is 0.472 e. The summed E-state index contributed by atoms with van der Waals surface area (Å²) in [4.78, 5) is 24.1. The summed E-state index contributed by atoms with van der Waals surface area (Å²) in [7, 11) is 0. The molecule has 0 unspecified atom stereocenters. The van der Waals surface area contributed by atoms with E-state index in [9.17, 15) is 4.79 Å². The van der Waals surface area contributed by atoms with Crippen molar-refractivity contribution in [3.8, 4) is 5.88 Å². The summed E-state index contributed by atoms with van der Waals surface area (Å²) in [5.74, 6) is 0.565. The van der Waals surface area contributed by atoms with E-state index < -0.39 is 0 Å². The van der Waals surface area contributed by atoms with E-state index in [1.54, 1.807) is 12.3 Å². The van der Waals surface area contributed by atoms with Crippen molar-refractivity contribution < 1.29 is 14.3 Å². The molecule has 0 radical (unpaired) electrons. The third-order valence-corrected chi connectivity index (χ3v) is 3.77. The number of carbonyl (C=O) groups excluding carboxylic acids is 1. The first kappa shape index (κ1) is 14.1. The molecule has 2 saturated heterocycles. The van der Waals surface area contributed by atoms with E-state index in [4.69, 9.17) is 9.47 Å². The van der Waals surface area contributed by atoms with Crippen LogP contribution in [0.25, 0.3) is 0 Å². The van der Waals surface area contributed by atoms with Gasteiger partial charge in [0.05, 0.1) is 19.8 Å². The van der Waals surface area contributed by atoms with Crippen molar-refractivity contribution in [1.29, 1.82) is 0 Å². The zero-order valence-electron chi connectivity index (χ0n) is 12.0. The van der Waals surface area contributed by atoms with Gasteiger partial charge in [-0.25, -0.2) is 14.8 Å². The highest BCUT2D eigenvalue weighted by molar-refractivity contribution is 5.74. The summed E-state index contributed by atoms with van der Waals surface area (Å²) in [6.45, 7) is 4.00. The Morgan fingerprint density at radius 1 is 1.29 bits per heavy atom. The topological polar surface area (TPSA) is 67.8 Å². The van der Waals surface area contributed by atoms with Gasteiger partial charge in [0, 0.05) is 31.9 Å². The Bertz CT molecular complexity index is 465. The third-order valence-electron chi connectivity index (χ3n) is 3.77. The van der Waals surface area contributed by atoms with Crippen molar-refractivity contribution in [3.63, 3.8) is 0 Å². The number of ether oxygens (including phenoxy) is 2. The van der Waals surface area contributed by atoms with Crippen LogP contribution in [0.1, 0.15) is 12.8 Å². The second-order valence-corrected chi connectivity index (χ2v) is 5.26. The molecular weight excluding hydrogens is 272 g/mol. The van der Waals surface area contributed by atoms with Gasteiger partial charge >= 0.3 is 6.03 Å². The number of amides is 2. The number of morpholine rings is 1. The van der Waals surface area contributed by atoms with Gasteiger partial charge in [0.15, 0.2) is 0 Å². The van der Waals surface area contributed by atoms with Gasteiger partial charge in [-0.3, -0.25) is 0 Å². The number of hydrogen-bond donors (Lipinski definition) is 0. The van der Waals surface area contributed by atoms with Crippen LogP contribution in [-0.2, 0) is 4.74 Å². The fourth-order valence-corrected chi connectivity index (χ4v) is 2.68. The second-order valence-electron chi connectivity index (χ2n) is 5.26. The summed E-state index contributed by atoms with van der Waals surface area (Å²) in [6.07, 6.45) is 5.01. The Balaban J connectivity index is 1.56. The summed E-state index contributed by atoms with van der Waals surface area (Å²) < 4.78 is 11.1. The molecule has 0 spiro atoms. The molecule has 7 heteroatoms. The summed E-state index contributed by atoms with van der Waals surface area (Å²) in [6, 6.07) is 1.83. The highest BCUT2D eigenvalue weighted by Crippen LogP contribution is 2.17. The maximum Gasteiger partial charge on any atom is 0.320 e. The van der Waals surface area contributed by atoms with E-state index in [-0.39, 0.29) is 12.1 Å². The Morgan fingerprint density at radius 3 is 2.90 bits per heavy atom. The lowest BCUT2D eigenvalue weighted by Gasteiger charge is -2.37. The number of likely N-dealkylation sites (tertiary alicyclic amines) is 1. The van der Waals surface area contributed by atoms with Crippen LogP contribution >= 0.6 is 0 Å². The zero-order valence-corrected chi connectivity index (χ0v) is 12.0. The Kier molecular flexibility index (Phi) is 4.49. The van der Waals surface area contributed by atoms with Crippen molar-refractivity contribution in [1.82, 2.24) is 19.8 Å². The SMILES string of the molecule is O=C(N1CCOCC1)N1CCC[C@H](Oc2ccncn2)C1. The van der Waals surface area contributed by atoms with E-state index >= 15 is 0 Å². The van der Waals surface area contributed by atoms with E-state index in [0.29, 0.717) is 38.7 Å². The predicted octanol–water partition coefficient (Wildman–Crippen LogP) is 0.772. The minimum absolute atomic E-state index is 0.00126. The lowest BCUT2D eigenvalue weighted by atomic mass is 10.1. The molecule has 2 fully saturated rings. The highest BCUT2D eigenvalue weighted by atomic mass is 16.5. The summed E-state index contributed by atoms with van der Waals surface area (Å²) in [5.41, 5.74) is 0. The number of carbonyl (C=O) groups is 1. The minimum atomic E-state index is -0.00126. The standard InChI is InChI=1S/C14H20N4O3/c19-14(17-6-8-20-9-7-17)18-5-1-2-12(10-18)21-13-3-4-15-11-16-13/h3-4,11-12H,1-2,5-10H2/t12-/m0/s1. The van der Waals surface area contributed by atoms with Crippen LogP contribution in [0.15, 0.2) is 18.6 Å². The van der Waals surface area contributed by atoms with Crippen molar-refractivity contribution in [2.24, 2.45) is 0 Å². The lowest BCUT2D eigenvalue weighted by Crippen LogP contribution is -2.52. The smallest absolute Gasteiger partial charge is 0.320 e. The number of aromatic nitrogens is 2. The molecule has 0 aromatic carbocycles. The molecule has 1 atom stereocenters. The second kappa shape index (κ2) is 6.71. The molecule has 2 amide bonds. The maximum absolute atomic E-state index is 12.5. The van der Waals surface area contributed by atoms with Gasteiger partial charge in [0.25, 0.3) is 0 Å². The fraction of sp³-hybridized carbons (Fsp3) is 0.643. The van der Waals surface area contributed by atoms with Crippen molar-refractivity contribution in [2.75, 3.05) is 39.4 Å². The van der Waals surface area contributed by atoms with Crippen LogP contribution < -0.4 is 4.74 Å². The van der Waals surface area contributed by atoms with Crippen LogP contribution in [0.3, 0.4) is 0 Å². The molecule has 1 aromatic heterocycles. The van der Waals surface area contributed by atoms with Gasteiger partial charge in [0.2, 0.25) is 5.88 Å². The monoisotopic (exact) mass is 292 g/mol. The zero-order chi connectivity index (χ0) is 14.5. The molecular formula is C14H20N4O3. The molecule has 2 aliphatic rings. The Hall–Kier alpha value is -1.89. The first-order chi connectivity index (χ1) is 10.3. The van der Waals surface area contributed by atoms with Crippen LogP contribution in [0.5, 0.6) is 5.88 Å². The van der Waals surface area contributed by atoms with Gasteiger partial charge in [-0.2, -0.15) is 0 Å². The first-order valence-electron chi connectivity index (χ1n) is 7.37. The Morgan fingerprint density at radius 2 is 2.14 bits per heavy atom. The molecule has 1 aromatic rings. The van der Waals surface area contributed by atoms with E-state index in [2.05, 4.69) is 9.97 Å². The van der Waals surface area contributed by atoms with Gasteiger partial charge in [0.1, 0.15) is 12.4 Å². The van der Waals surface area contributed by atoms with Crippen molar-refractivity contribution in [2.45, 2.75) is 18.9 Å². The molecule has 3 heterocycles. The third kappa shape index (κ3) is 3.60. The van der Waals surface area contributed by atoms with Gasteiger partial charge in [-0.1, -0.05) is 0 Å². The summed E-state index contributed by atoms with van der Waals surface area (Å²) in [5, 5.41) is 0. The molecule has 0 N–H and O–H groups in total. The van der Waals surface area contributed by atoms with E-state index in [1.807, 2.05) is 9.80 Å². The number of hydrogen-bond acceptors (Lipinski definition) is 5. The quantitative estimate of drug-likeness (QED) is 0.805. The molecule has 3 rings (SSSR count). The van der Waals surface area contributed by atoms with E-state index in [0.717, 1.165) is 19.4 Å². The molecule has 0 aliphatic carbocycles. The normalized spacial score (nSPS) is 23.0. The Labute approximate surface area is 123 Å². The van der Waals surface area contributed by atoms with Crippen molar-refractivity contribution in [3.05, 3.63) is 18.6 Å². The molecule has 114 valence electrons. The molecule has 0 bridgehead atoms. The number of piperidine rings is 1. The molecule has 7 nitrogen and oxygen atoms in total. The predicted molar refractivity (Wildman–Crippen MR) is 75.0 cm³/mol. The highest BCUT2D eigenvalue weighted by Gasteiger charge is 2.29. The maximum atomic E-state index is 12.5. The fourth-order valence-electron chi connectivity index (χ4n) is 2.68. The van der Waals surface area contributed by atoms with Gasteiger partial charge in [-0.05, 0) is 12.8 Å². The van der Waals surface area contributed by atoms with Crippen LogP contribution in [0, 0.1) is 0 Å². The number of nitrogens with zero attached hydrogens (tertiary/aromatic N) is 4. The summed E-state index contributed by atoms with van der Waals surface area (Å²) >= 11 is 0. The average molecular weight is 292 g/mol. The van der Waals surface area contributed by atoms with Gasteiger partial charge in [-0.15, -0.1) is 0 Å². The lowest BCUT2D eigenvalue weighted by molar-refractivity contribution is 0.0325. The number of rotatable bonds is 2. The molecule has 2 aliphatic heterocycles. The van der Waals surface area contributed by atoms with Crippen LogP contribution in [-0.4, -0.2) is 71.3 Å². The van der Waals surface area contributed by atoms with Crippen LogP contribution in [0.4, 0.5) is 4.79 Å². The number of urea groups is 1. The molecule has 0 saturated carbocycles. The average Bonchev–Trinajstić information content (AvgIpc) is 2.56.